The lowest BCUT2D eigenvalue weighted by atomic mass is 10.3. The van der Waals surface area contributed by atoms with Gasteiger partial charge < -0.3 is 14.8 Å². The van der Waals surface area contributed by atoms with Gasteiger partial charge in [0, 0.05) is 18.7 Å². The number of carbonyl (C=O) groups excluding carboxylic acids is 1. The molecule has 1 saturated heterocycles. The van der Waals surface area contributed by atoms with Crippen LogP contribution in [-0.2, 0) is 14.3 Å². The van der Waals surface area contributed by atoms with Crippen molar-refractivity contribution in [2.24, 2.45) is 0 Å². The van der Waals surface area contributed by atoms with E-state index >= 15 is 0 Å². The molecular weight excluding hydrogens is 170 g/mol. The molecule has 1 aliphatic rings. The van der Waals surface area contributed by atoms with Crippen molar-refractivity contribution in [3.8, 4) is 0 Å². The van der Waals surface area contributed by atoms with Crippen molar-refractivity contribution in [1.29, 1.82) is 0 Å². The fourth-order valence-electron chi connectivity index (χ4n) is 1.02. The SMILES string of the molecule is C=C(C)C(=O)OCC1CNCCO1. The first-order valence-electron chi connectivity index (χ1n) is 4.35. The summed E-state index contributed by atoms with van der Waals surface area (Å²) >= 11 is 0. The molecule has 1 aliphatic heterocycles. The van der Waals surface area contributed by atoms with Gasteiger partial charge in [0.25, 0.3) is 0 Å². The van der Waals surface area contributed by atoms with E-state index in [9.17, 15) is 4.79 Å². The van der Waals surface area contributed by atoms with Crippen molar-refractivity contribution in [2.45, 2.75) is 13.0 Å². The minimum atomic E-state index is -0.353. The molecule has 0 saturated carbocycles. The highest BCUT2D eigenvalue weighted by Crippen LogP contribution is 1.99. The minimum Gasteiger partial charge on any atom is -0.460 e. The van der Waals surface area contributed by atoms with Gasteiger partial charge in [0.05, 0.1) is 6.61 Å². The summed E-state index contributed by atoms with van der Waals surface area (Å²) in [6.45, 7) is 7.70. The van der Waals surface area contributed by atoms with E-state index in [4.69, 9.17) is 9.47 Å². The zero-order valence-electron chi connectivity index (χ0n) is 7.84. The van der Waals surface area contributed by atoms with Gasteiger partial charge in [-0.15, -0.1) is 0 Å². The Morgan fingerprint density at radius 2 is 2.54 bits per heavy atom. The standard InChI is InChI=1S/C9H15NO3/c1-7(2)9(11)13-6-8-5-10-3-4-12-8/h8,10H,1,3-6H2,2H3. The van der Waals surface area contributed by atoms with Gasteiger partial charge in [-0.3, -0.25) is 0 Å². The van der Waals surface area contributed by atoms with Crippen molar-refractivity contribution >= 4 is 5.97 Å². The number of esters is 1. The first-order valence-corrected chi connectivity index (χ1v) is 4.35. The second kappa shape index (κ2) is 4.99. The molecule has 1 unspecified atom stereocenters. The summed E-state index contributed by atoms with van der Waals surface area (Å²) < 4.78 is 10.3. The Morgan fingerprint density at radius 1 is 1.77 bits per heavy atom. The number of hydrogen-bond donors (Lipinski definition) is 1. The van der Waals surface area contributed by atoms with E-state index in [0.717, 1.165) is 13.1 Å². The maximum atomic E-state index is 11.0. The molecule has 4 nitrogen and oxygen atoms in total. The van der Waals surface area contributed by atoms with Crippen molar-refractivity contribution < 1.29 is 14.3 Å². The van der Waals surface area contributed by atoms with Crippen LogP contribution in [-0.4, -0.2) is 38.4 Å². The molecule has 0 spiro atoms. The minimum absolute atomic E-state index is 0.0166. The van der Waals surface area contributed by atoms with Gasteiger partial charge in [-0.1, -0.05) is 6.58 Å². The molecule has 0 aliphatic carbocycles. The van der Waals surface area contributed by atoms with Gasteiger partial charge in [-0.2, -0.15) is 0 Å². The van der Waals surface area contributed by atoms with E-state index in [2.05, 4.69) is 11.9 Å². The van der Waals surface area contributed by atoms with E-state index in [-0.39, 0.29) is 12.1 Å². The maximum Gasteiger partial charge on any atom is 0.333 e. The fourth-order valence-corrected chi connectivity index (χ4v) is 1.02. The summed E-state index contributed by atoms with van der Waals surface area (Å²) in [5.74, 6) is -0.353. The van der Waals surface area contributed by atoms with Crippen molar-refractivity contribution in [2.75, 3.05) is 26.3 Å². The van der Waals surface area contributed by atoms with Gasteiger partial charge in [-0.25, -0.2) is 4.79 Å². The Morgan fingerprint density at radius 3 is 3.08 bits per heavy atom. The average Bonchev–Trinajstić information content (AvgIpc) is 2.15. The molecule has 0 aromatic carbocycles. The smallest absolute Gasteiger partial charge is 0.333 e. The molecule has 1 N–H and O–H groups in total. The summed E-state index contributed by atoms with van der Waals surface area (Å²) in [4.78, 5) is 11.0. The van der Waals surface area contributed by atoms with Crippen LogP contribution >= 0.6 is 0 Å². The van der Waals surface area contributed by atoms with Gasteiger partial charge in [0.15, 0.2) is 0 Å². The van der Waals surface area contributed by atoms with Gasteiger partial charge in [0.2, 0.25) is 0 Å². The van der Waals surface area contributed by atoms with Crippen LogP contribution in [0.4, 0.5) is 0 Å². The Kier molecular flexibility index (Phi) is 3.92. The van der Waals surface area contributed by atoms with Crippen LogP contribution < -0.4 is 5.32 Å². The molecule has 74 valence electrons. The summed E-state index contributed by atoms with van der Waals surface area (Å²) in [6.07, 6.45) is -0.0166. The second-order valence-corrected chi connectivity index (χ2v) is 3.08. The second-order valence-electron chi connectivity index (χ2n) is 3.08. The van der Waals surface area contributed by atoms with Crippen LogP contribution in [0.15, 0.2) is 12.2 Å². The number of ether oxygens (including phenoxy) is 2. The quantitative estimate of drug-likeness (QED) is 0.500. The highest BCUT2D eigenvalue weighted by atomic mass is 16.6. The highest BCUT2D eigenvalue weighted by Gasteiger charge is 2.15. The van der Waals surface area contributed by atoms with Crippen LogP contribution in [0.5, 0.6) is 0 Å². The van der Waals surface area contributed by atoms with Crippen LogP contribution in [0.25, 0.3) is 0 Å². The highest BCUT2D eigenvalue weighted by molar-refractivity contribution is 5.86. The zero-order valence-corrected chi connectivity index (χ0v) is 7.84. The van der Waals surface area contributed by atoms with Gasteiger partial charge in [-0.05, 0) is 6.92 Å². The molecule has 1 atom stereocenters. The summed E-state index contributed by atoms with van der Waals surface area (Å²) in [5, 5.41) is 3.15. The molecular formula is C9H15NO3. The normalized spacial score (nSPS) is 22.4. The third kappa shape index (κ3) is 3.57. The van der Waals surface area contributed by atoms with Crippen LogP contribution in [0.3, 0.4) is 0 Å². The summed E-state index contributed by atoms with van der Waals surface area (Å²) in [7, 11) is 0. The lowest BCUT2D eigenvalue weighted by Gasteiger charge is -2.23. The largest absolute Gasteiger partial charge is 0.460 e. The monoisotopic (exact) mass is 185 g/mol. The first-order chi connectivity index (χ1) is 6.20. The third-order valence-corrected chi connectivity index (χ3v) is 1.75. The predicted molar refractivity (Wildman–Crippen MR) is 48.4 cm³/mol. The molecule has 4 heteroatoms. The molecule has 1 heterocycles. The third-order valence-electron chi connectivity index (χ3n) is 1.75. The topological polar surface area (TPSA) is 47.6 Å². The van der Waals surface area contributed by atoms with E-state index in [1.54, 1.807) is 6.92 Å². The maximum absolute atomic E-state index is 11.0. The molecule has 0 amide bonds. The van der Waals surface area contributed by atoms with Crippen molar-refractivity contribution in [3.63, 3.8) is 0 Å². The van der Waals surface area contributed by atoms with E-state index in [1.807, 2.05) is 0 Å². The van der Waals surface area contributed by atoms with Crippen molar-refractivity contribution in [1.82, 2.24) is 5.32 Å². The Balaban J connectivity index is 2.17. The molecule has 1 rings (SSSR count). The number of carbonyl (C=O) groups is 1. The Labute approximate surface area is 77.9 Å². The van der Waals surface area contributed by atoms with Gasteiger partial charge in [0.1, 0.15) is 12.7 Å². The van der Waals surface area contributed by atoms with E-state index < -0.39 is 0 Å². The predicted octanol–water partition coefficient (Wildman–Crippen LogP) is 0.0941. The molecule has 1 fully saturated rings. The molecule has 13 heavy (non-hydrogen) atoms. The Hall–Kier alpha value is -0.870. The lowest BCUT2D eigenvalue weighted by Crippen LogP contribution is -2.41. The average molecular weight is 185 g/mol. The van der Waals surface area contributed by atoms with E-state index in [1.165, 1.54) is 0 Å². The van der Waals surface area contributed by atoms with Crippen LogP contribution in [0.1, 0.15) is 6.92 Å². The zero-order chi connectivity index (χ0) is 9.68. The molecule has 0 radical (unpaired) electrons. The van der Waals surface area contributed by atoms with Gasteiger partial charge >= 0.3 is 5.97 Å². The first kappa shape index (κ1) is 10.2. The van der Waals surface area contributed by atoms with E-state index in [0.29, 0.717) is 18.8 Å². The number of hydrogen-bond acceptors (Lipinski definition) is 4. The number of nitrogens with one attached hydrogen (secondary N) is 1. The molecule has 0 aromatic heterocycles. The molecule has 0 bridgehead atoms. The fraction of sp³-hybridized carbons (Fsp3) is 0.667. The summed E-state index contributed by atoms with van der Waals surface area (Å²) in [6, 6.07) is 0. The van der Waals surface area contributed by atoms with Crippen molar-refractivity contribution in [3.05, 3.63) is 12.2 Å². The lowest BCUT2D eigenvalue weighted by molar-refractivity contribution is -0.143. The van der Waals surface area contributed by atoms with Crippen LogP contribution in [0.2, 0.25) is 0 Å². The number of rotatable bonds is 3. The summed E-state index contributed by atoms with van der Waals surface area (Å²) in [5.41, 5.74) is 0.420. The Bertz CT molecular complexity index is 197. The number of morpholine rings is 1. The molecule has 0 aromatic rings. The van der Waals surface area contributed by atoms with Crippen LogP contribution in [0, 0.1) is 0 Å².